The first-order valence-electron chi connectivity index (χ1n) is 4.88. The third kappa shape index (κ3) is 1.35. The predicted molar refractivity (Wildman–Crippen MR) is 57.0 cm³/mol. The highest BCUT2D eigenvalue weighted by molar-refractivity contribution is 5.81. The molecular formula is C12H15N. The Morgan fingerprint density at radius 2 is 2.00 bits per heavy atom. The number of nitrogens with zero attached hydrogens (tertiary/aromatic N) is 1. The molecule has 0 spiro atoms. The van der Waals surface area contributed by atoms with Crippen LogP contribution in [-0.4, -0.2) is 4.57 Å². The molecule has 0 saturated carbocycles. The van der Waals surface area contributed by atoms with Gasteiger partial charge in [0.1, 0.15) is 0 Å². The molecule has 1 heterocycles. The highest BCUT2D eigenvalue weighted by atomic mass is 15.0. The summed E-state index contributed by atoms with van der Waals surface area (Å²) in [6.07, 6.45) is 1.19. The summed E-state index contributed by atoms with van der Waals surface area (Å²) in [5.41, 5.74) is 2.73. The van der Waals surface area contributed by atoms with Crippen LogP contribution in [0, 0.1) is 6.92 Å². The van der Waals surface area contributed by atoms with Crippen molar-refractivity contribution in [3.05, 3.63) is 36.0 Å². The van der Waals surface area contributed by atoms with E-state index < -0.39 is 0 Å². The first-order chi connectivity index (χ1) is 6.33. The lowest BCUT2D eigenvalue weighted by Crippen LogP contribution is -1.97. The Labute approximate surface area is 79.0 Å². The maximum atomic E-state index is 2.38. The molecule has 0 radical (unpaired) electrons. The van der Waals surface area contributed by atoms with Crippen LogP contribution in [0.5, 0.6) is 0 Å². The predicted octanol–water partition coefficient (Wildman–Crippen LogP) is 3.36. The van der Waals surface area contributed by atoms with E-state index in [4.69, 9.17) is 0 Å². The fourth-order valence-corrected chi connectivity index (χ4v) is 1.87. The van der Waals surface area contributed by atoms with Crippen LogP contribution in [0.3, 0.4) is 0 Å². The van der Waals surface area contributed by atoms with E-state index in [9.17, 15) is 0 Å². The Balaban J connectivity index is 2.64. The first kappa shape index (κ1) is 8.36. The maximum absolute atomic E-state index is 2.38. The molecule has 0 unspecified atom stereocenters. The molecule has 1 heteroatoms. The number of aromatic nitrogens is 1. The topological polar surface area (TPSA) is 4.93 Å². The number of benzene rings is 1. The SMILES string of the molecule is CCCn1c(C)cc2ccccc21. The highest BCUT2D eigenvalue weighted by Crippen LogP contribution is 2.19. The van der Waals surface area contributed by atoms with Crippen molar-refractivity contribution in [1.82, 2.24) is 4.57 Å². The molecule has 0 N–H and O–H groups in total. The second kappa shape index (κ2) is 3.25. The Morgan fingerprint density at radius 3 is 2.77 bits per heavy atom. The van der Waals surface area contributed by atoms with Crippen LogP contribution in [0.2, 0.25) is 0 Å². The van der Waals surface area contributed by atoms with Crippen molar-refractivity contribution in [2.45, 2.75) is 26.8 Å². The molecule has 0 bridgehead atoms. The van der Waals surface area contributed by atoms with Gasteiger partial charge in [0.2, 0.25) is 0 Å². The number of para-hydroxylation sites is 1. The van der Waals surface area contributed by atoms with Gasteiger partial charge in [-0.25, -0.2) is 0 Å². The van der Waals surface area contributed by atoms with Gasteiger partial charge in [-0.3, -0.25) is 0 Å². The molecule has 0 saturated heterocycles. The van der Waals surface area contributed by atoms with Gasteiger partial charge in [-0.2, -0.15) is 0 Å². The van der Waals surface area contributed by atoms with Crippen molar-refractivity contribution in [2.24, 2.45) is 0 Å². The molecule has 68 valence electrons. The van der Waals surface area contributed by atoms with Gasteiger partial charge < -0.3 is 4.57 Å². The standard InChI is InChI=1S/C12H15N/c1-3-8-13-10(2)9-11-6-4-5-7-12(11)13/h4-7,9H,3,8H2,1-2H3. The summed E-state index contributed by atoms with van der Waals surface area (Å²) >= 11 is 0. The van der Waals surface area contributed by atoms with E-state index in [1.54, 1.807) is 0 Å². The second-order valence-corrected chi connectivity index (χ2v) is 3.50. The Morgan fingerprint density at radius 1 is 1.23 bits per heavy atom. The molecule has 0 aliphatic rings. The monoisotopic (exact) mass is 173 g/mol. The third-order valence-electron chi connectivity index (χ3n) is 2.46. The number of rotatable bonds is 2. The van der Waals surface area contributed by atoms with Crippen LogP contribution in [0.25, 0.3) is 10.9 Å². The zero-order chi connectivity index (χ0) is 9.26. The minimum absolute atomic E-state index is 1.12. The third-order valence-corrected chi connectivity index (χ3v) is 2.46. The lowest BCUT2D eigenvalue weighted by atomic mass is 10.2. The van der Waals surface area contributed by atoms with Crippen molar-refractivity contribution < 1.29 is 0 Å². The van der Waals surface area contributed by atoms with E-state index in [0.29, 0.717) is 0 Å². The van der Waals surface area contributed by atoms with Crippen LogP contribution in [0.4, 0.5) is 0 Å². The summed E-state index contributed by atoms with van der Waals surface area (Å²) in [4.78, 5) is 0. The largest absolute Gasteiger partial charge is 0.345 e. The molecule has 0 aliphatic carbocycles. The van der Waals surface area contributed by atoms with E-state index in [-0.39, 0.29) is 0 Å². The van der Waals surface area contributed by atoms with E-state index in [2.05, 4.69) is 48.7 Å². The van der Waals surface area contributed by atoms with E-state index in [0.717, 1.165) is 6.54 Å². The summed E-state index contributed by atoms with van der Waals surface area (Å²) in [6.45, 7) is 5.52. The van der Waals surface area contributed by atoms with E-state index in [1.165, 1.54) is 23.0 Å². The first-order valence-corrected chi connectivity index (χ1v) is 4.88. The molecule has 2 rings (SSSR count). The molecule has 0 atom stereocenters. The molecule has 1 aromatic heterocycles. The quantitative estimate of drug-likeness (QED) is 0.656. The van der Waals surface area contributed by atoms with Gasteiger partial charge >= 0.3 is 0 Å². The molecule has 0 amide bonds. The number of fused-ring (bicyclic) bond motifs is 1. The zero-order valence-corrected chi connectivity index (χ0v) is 8.25. The lowest BCUT2D eigenvalue weighted by Gasteiger charge is -2.05. The Kier molecular flexibility index (Phi) is 2.09. The van der Waals surface area contributed by atoms with Crippen LogP contribution in [0.1, 0.15) is 19.0 Å². The summed E-state index contributed by atoms with van der Waals surface area (Å²) in [7, 11) is 0. The number of hydrogen-bond donors (Lipinski definition) is 0. The van der Waals surface area contributed by atoms with Crippen LogP contribution < -0.4 is 0 Å². The van der Waals surface area contributed by atoms with E-state index >= 15 is 0 Å². The molecule has 2 aromatic rings. The van der Waals surface area contributed by atoms with Crippen LogP contribution >= 0.6 is 0 Å². The number of hydrogen-bond acceptors (Lipinski definition) is 0. The molecule has 13 heavy (non-hydrogen) atoms. The fourth-order valence-electron chi connectivity index (χ4n) is 1.87. The molecule has 0 aliphatic heterocycles. The summed E-state index contributed by atoms with van der Waals surface area (Å²) in [5.74, 6) is 0. The van der Waals surface area contributed by atoms with Gasteiger partial charge in [-0.1, -0.05) is 25.1 Å². The maximum Gasteiger partial charge on any atom is 0.0482 e. The normalized spacial score (nSPS) is 10.9. The Bertz CT molecular complexity index is 412. The van der Waals surface area contributed by atoms with Crippen LogP contribution in [0.15, 0.2) is 30.3 Å². The molecular weight excluding hydrogens is 158 g/mol. The lowest BCUT2D eigenvalue weighted by molar-refractivity contribution is 0.686. The van der Waals surface area contributed by atoms with Gasteiger partial charge in [0.05, 0.1) is 0 Å². The van der Waals surface area contributed by atoms with Gasteiger partial charge in [0.25, 0.3) is 0 Å². The minimum atomic E-state index is 1.12. The van der Waals surface area contributed by atoms with Gasteiger partial charge in [-0.05, 0) is 30.9 Å². The summed E-state index contributed by atoms with van der Waals surface area (Å²) in [5, 5.41) is 1.36. The number of aryl methyl sites for hydroxylation is 2. The summed E-state index contributed by atoms with van der Waals surface area (Å²) < 4.78 is 2.38. The van der Waals surface area contributed by atoms with Crippen molar-refractivity contribution >= 4 is 10.9 Å². The second-order valence-electron chi connectivity index (χ2n) is 3.50. The average molecular weight is 173 g/mol. The smallest absolute Gasteiger partial charge is 0.0482 e. The van der Waals surface area contributed by atoms with Crippen LogP contribution in [-0.2, 0) is 6.54 Å². The molecule has 1 nitrogen and oxygen atoms in total. The van der Waals surface area contributed by atoms with Crippen molar-refractivity contribution in [3.63, 3.8) is 0 Å². The minimum Gasteiger partial charge on any atom is -0.345 e. The fraction of sp³-hybridized carbons (Fsp3) is 0.333. The van der Waals surface area contributed by atoms with Gasteiger partial charge in [0.15, 0.2) is 0 Å². The van der Waals surface area contributed by atoms with Crippen molar-refractivity contribution in [3.8, 4) is 0 Å². The zero-order valence-electron chi connectivity index (χ0n) is 8.25. The summed E-state index contributed by atoms with van der Waals surface area (Å²) in [6, 6.07) is 10.8. The van der Waals surface area contributed by atoms with Crippen molar-refractivity contribution in [1.29, 1.82) is 0 Å². The highest BCUT2D eigenvalue weighted by Gasteiger charge is 2.02. The average Bonchev–Trinajstić information content (AvgIpc) is 2.44. The van der Waals surface area contributed by atoms with E-state index in [1.807, 2.05) is 0 Å². The molecule has 1 aromatic carbocycles. The van der Waals surface area contributed by atoms with Crippen molar-refractivity contribution in [2.75, 3.05) is 0 Å². The van der Waals surface area contributed by atoms with Gasteiger partial charge in [0, 0.05) is 17.8 Å². The Hall–Kier alpha value is -1.24. The molecule has 0 fully saturated rings. The van der Waals surface area contributed by atoms with Gasteiger partial charge in [-0.15, -0.1) is 0 Å².